The largest absolute Gasteiger partial charge is 0.320 e. The maximum atomic E-state index is 12.6. The number of rotatable bonds is 4. The number of hydrogen-bond donors (Lipinski definition) is 1. The molecule has 21 heavy (non-hydrogen) atoms. The van der Waals surface area contributed by atoms with Gasteiger partial charge < -0.3 is 4.90 Å². The van der Waals surface area contributed by atoms with E-state index in [1.54, 1.807) is 6.26 Å². The minimum Gasteiger partial charge on any atom is -0.320 e. The first-order valence-corrected chi connectivity index (χ1v) is 9.12. The predicted octanol–water partition coefficient (Wildman–Crippen LogP) is 1.64. The molecule has 4 nitrogen and oxygen atoms in total. The van der Waals surface area contributed by atoms with Gasteiger partial charge in [0.2, 0.25) is 5.91 Å². The Morgan fingerprint density at radius 2 is 2.10 bits per heavy atom. The molecule has 5 heteroatoms. The molecule has 1 aliphatic carbocycles. The van der Waals surface area contributed by atoms with Gasteiger partial charge >= 0.3 is 0 Å². The highest BCUT2D eigenvalue weighted by Crippen LogP contribution is 2.46. The molecular formula is C16H22N2O2S. The van der Waals surface area contributed by atoms with E-state index in [9.17, 15) is 9.00 Å². The zero-order chi connectivity index (χ0) is 15.2. The molecule has 1 saturated heterocycles. The van der Waals surface area contributed by atoms with E-state index in [0.29, 0.717) is 12.3 Å². The number of benzene rings is 1. The van der Waals surface area contributed by atoms with Gasteiger partial charge in [-0.2, -0.15) is 0 Å². The molecule has 1 aromatic carbocycles. The first kappa shape index (κ1) is 14.7. The lowest BCUT2D eigenvalue weighted by atomic mass is 10.0. The Morgan fingerprint density at radius 3 is 2.71 bits per heavy atom. The minimum atomic E-state index is -0.884. The summed E-state index contributed by atoms with van der Waals surface area (Å²) in [5, 5.41) is 3.53. The molecule has 1 aliphatic heterocycles. The second-order valence-electron chi connectivity index (χ2n) is 6.26. The van der Waals surface area contributed by atoms with Gasteiger partial charge in [0, 0.05) is 29.4 Å². The summed E-state index contributed by atoms with van der Waals surface area (Å²) < 4.78 is 11.4. The van der Waals surface area contributed by atoms with E-state index in [2.05, 4.69) is 37.4 Å². The van der Waals surface area contributed by atoms with Crippen molar-refractivity contribution in [2.75, 3.05) is 18.6 Å². The highest BCUT2D eigenvalue weighted by atomic mass is 32.2. The first-order valence-electron chi connectivity index (χ1n) is 7.39. The fraction of sp³-hybridized carbons (Fsp3) is 0.562. The predicted molar refractivity (Wildman–Crippen MR) is 84.4 cm³/mol. The second kappa shape index (κ2) is 5.21. The number of nitrogens with one attached hydrogen (secondary N) is 1. The van der Waals surface area contributed by atoms with Crippen LogP contribution >= 0.6 is 0 Å². The van der Waals surface area contributed by atoms with Gasteiger partial charge in [-0.1, -0.05) is 23.8 Å². The Kier molecular flexibility index (Phi) is 3.66. The molecular weight excluding hydrogens is 284 g/mol. The van der Waals surface area contributed by atoms with Crippen LogP contribution in [0.15, 0.2) is 18.2 Å². The molecule has 2 atom stereocenters. The van der Waals surface area contributed by atoms with E-state index >= 15 is 0 Å². The van der Waals surface area contributed by atoms with Crippen molar-refractivity contribution in [1.82, 2.24) is 10.2 Å². The van der Waals surface area contributed by atoms with E-state index in [4.69, 9.17) is 0 Å². The summed E-state index contributed by atoms with van der Waals surface area (Å²) in [5.74, 6) is 0.712. The summed E-state index contributed by atoms with van der Waals surface area (Å²) in [6.45, 7) is 4.70. The Labute approximate surface area is 128 Å². The summed E-state index contributed by atoms with van der Waals surface area (Å²) >= 11 is 0. The van der Waals surface area contributed by atoms with Crippen molar-refractivity contribution in [3.05, 3.63) is 34.9 Å². The van der Waals surface area contributed by atoms with E-state index in [0.717, 1.165) is 18.4 Å². The van der Waals surface area contributed by atoms with Crippen LogP contribution in [0.3, 0.4) is 0 Å². The molecule has 1 saturated carbocycles. The quantitative estimate of drug-likeness (QED) is 0.920. The van der Waals surface area contributed by atoms with Crippen molar-refractivity contribution in [3.8, 4) is 0 Å². The summed E-state index contributed by atoms with van der Waals surface area (Å²) in [4.78, 5) is 14.5. The Bertz CT molecular complexity index is 610. The van der Waals surface area contributed by atoms with Crippen LogP contribution in [-0.4, -0.2) is 39.1 Å². The Balaban J connectivity index is 1.92. The van der Waals surface area contributed by atoms with Gasteiger partial charge in [0.05, 0.1) is 0 Å². The van der Waals surface area contributed by atoms with Crippen molar-refractivity contribution in [1.29, 1.82) is 0 Å². The van der Waals surface area contributed by atoms with E-state index in [-0.39, 0.29) is 17.6 Å². The van der Waals surface area contributed by atoms with Crippen LogP contribution in [-0.2, 0) is 15.6 Å². The molecule has 1 amide bonds. The topological polar surface area (TPSA) is 49.4 Å². The van der Waals surface area contributed by atoms with Crippen LogP contribution in [0.5, 0.6) is 0 Å². The van der Waals surface area contributed by atoms with E-state index in [1.165, 1.54) is 11.1 Å². The van der Waals surface area contributed by atoms with Crippen LogP contribution in [0.1, 0.15) is 35.7 Å². The molecule has 0 radical (unpaired) electrons. The van der Waals surface area contributed by atoms with E-state index in [1.807, 2.05) is 4.90 Å². The van der Waals surface area contributed by atoms with Crippen LogP contribution in [0.4, 0.5) is 0 Å². The van der Waals surface area contributed by atoms with Crippen LogP contribution in [0.25, 0.3) is 0 Å². The highest BCUT2D eigenvalue weighted by Gasteiger charge is 2.59. The van der Waals surface area contributed by atoms with Gasteiger partial charge in [-0.3, -0.25) is 14.3 Å². The van der Waals surface area contributed by atoms with Crippen molar-refractivity contribution in [2.24, 2.45) is 0 Å². The van der Waals surface area contributed by atoms with Gasteiger partial charge in [-0.15, -0.1) is 0 Å². The monoisotopic (exact) mass is 306 g/mol. The third-order valence-electron chi connectivity index (χ3n) is 4.49. The van der Waals surface area contributed by atoms with Crippen molar-refractivity contribution in [2.45, 2.75) is 38.4 Å². The number of hydrogen-bond acceptors (Lipinski definition) is 3. The molecule has 0 bridgehead atoms. The SMILES string of the molecule is Cc1ccc(C)c(C2NC3(CC3)C(=O)N2CCS(C)=O)c1. The average molecular weight is 306 g/mol. The average Bonchev–Trinajstić information content (AvgIpc) is 3.15. The first-order chi connectivity index (χ1) is 9.93. The van der Waals surface area contributed by atoms with Crippen LogP contribution < -0.4 is 5.32 Å². The molecule has 3 rings (SSSR count). The lowest BCUT2D eigenvalue weighted by molar-refractivity contribution is -0.130. The van der Waals surface area contributed by atoms with Crippen molar-refractivity contribution >= 4 is 16.7 Å². The number of nitrogens with zero attached hydrogens (tertiary/aromatic N) is 1. The molecule has 2 aliphatic rings. The van der Waals surface area contributed by atoms with Crippen molar-refractivity contribution < 1.29 is 9.00 Å². The van der Waals surface area contributed by atoms with Gasteiger partial charge in [0.15, 0.2) is 0 Å². The third kappa shape index (κ3) is 2.64. The second-order valence-corrected chi connectivity index (χ2v) is 7.82. The lowest BCUT2D eigenvalue weighted by Gasteiger charge is -2.25. The number of amides is 1. The molecule has 1 spiro atoms. The molecule has 0 aromatic heterocycles. The fourth-order valence-electron chi connectivity index (χ4n) is 3.03. The molecule has 114 valence electrons. The summed E-state index contributed by atoms with van der Waals surface area (Å²) in [6.07, 6.45) is 3.44. The number of carbonyl (C=O) groups excluding carboxylic acids is 1. The third-order valence-corrected chi connectivity index (χ3v) is 5.25. The minimum absolute atomic E-state index is 0.0801. The molecule has 2 fully saturated rings. The number of carbonyl (C=O) groups is 1. The van der Waals surface area contributed by atoms with Gasteiger partial charge in [-0.05, 0) is 37.8 Å². The van der Waals surface area contributed by atoms with Crippen LogP contribution in [0, 0.1) is 13.8 Å². The molecule has 2 unspecified atom stereocenters. The Hall–Kier alpha value is -1.20. The zero-order valence-corrected chi connectivity index (χ0v) is 13.6. The van der Waals surface area contributed by atoms with E-state index < -0.39 is 10.8 Å². The molecule has 1 N–H and O–H groups in total. The summed E-state index contributed by atoms with van der Waals surface area (Å²) in [7, 11) is -0.884. The van der Waals surface area contributed by atoms with Crippen LogP contribution in [0.2, 0.25) is 0 Å². The summed E-state index contributed by atoms with van der Waals surface area (Å²) in [5.41, 5.74) is 3.21. The number of aryl methyl sites for hydroxylation is 2. The zero-order valence-electron chi connectivity index (χ0n) is 12.8. The maximum absolute atomic E-state index is 12.6. The van der Waals surface area contributed by atoms with Gasteiger partial charge in [-0.25, -0.2) is 0 Å². The summed E-state index contributed by atoms with van der Waals surface area (Å²) in [6, 6.07) is 6.34. The lowest BCUT2D eigenvalue weighted by Crippen LogP contribution is -2.35. The fourth-order valence-corrected chi connectivity index (χ4v) is 3.49. The Morgan fingerprint density at radius 1 is 1.38 bits per heavy atom. The standard InChI is InChI=1S/C16H22N2O2S/c1-11-4-5-12(2)13(10-11)14-17-16(6-7-16)15(19)18(14)8-9-21(3)20/h4-5,10,14,17H,6-9H2,1-3H3. The maximum Gasteiger partial charge on any atom is 0.244 e. The smallest absolute Gasteiger partial charge is 0.244 e. The highest BCUT2D eigenvalue weighted by molar-refractivity contribution is 7.84. The molecule has 1 heterocycles. The molecule has 1 aromatic rings. The normalized spacial score (nSPS) is 24.6. The van der Waals surface area contributed by atoms with Gasteiger partial charge in [0.1, 0.15) is 11.7 Å². The van der Waals surface area contributed by atoms with Gasteiger partial charge in [0.25, 0.3) is 0 Å². The van der Waals surface area contributed by atoms with Crippen molar-refractivity contribution in [3.63, 3.8) is 0 Å².